The van der Waals surface area contributed by atoms with Crippen molar-refractivity contribution in [1.29, 1.82) is 0 Å². The predicted octanol–water partition coefficient (Wildman–Crippen LogP) is 3.81. The van der Waals surface area contributed by atoms with Gasteiger partial charge in [-0.25, -0.2) is 0 Å². The maximum atomic E-state index is 12.6. The molecule has 4 nitrogen and oxygen atoms in total. The number of carbonyl (C=O) groups excluding carboxylic acids is 1. The van der Waals surface area contributed by atoms with Crippen molar-refractivity contribution in [2.75, 3.05) is 12.0 Å². The summed E-state index contributed by atoms with van der Waals surface area (Å²) in [7, 11) is 1.61. The maximum Gasteiger partial charge on any atom is 0.270 e. The topological polar surface area (TPSA) is 49.8 Å². The Balaban J connectivity index is 1.89. The molecule has 0 aliphatic carbocycles. The number of carbonyl (C=O) groups is 1. The maximum absolute atomic E-state index is 12.6. The van der Waals surface area contributed by atoms with Crippen LogP contribution in [-0.2, 0) is 4.79 Å². The second kappa shape index (κ2) is 6.44. The largest absolute Gasteiger partial charge is 0.508 e. The number of benzene rings is 2. The van der Waals surface area contributed by atoms with E-state index in [0.29, 0.717) is 14.9 Å². The highest BCUT2D eigenvalue weighted by molar-refractivity contribution is 8.27. The van der Waals surface area contributed by atoms with Gasteiger partial charge in [-0.05, 0) is 35.9 Å². The monoisotopic (exact) mass is 343 g/mol. The normalized spacial score (nSPS) is 16.2. The zero-order valence-corrected chi connectivity index (χ0v) is 13.9. The Hall–Kier alpha value is -2.31. The first kappa shape index (κ1) is 15.6. The zero-order chi connectivity index (χ0) is 16.4. The highest BCUT2D eigenvalue weighted by atomic mass is 32.2. The van der Waals surface area contributed by atoms with Crippen molar-refractivity contribution in [3.8, 4) is 11.5 Å². The van der Waals surface area contributed by atoms with Crippen LogP contribution >= 0.6 is 24.0 Å². The molecule has 23 heavy (non-hydrogen) atoms. The van der Waals surface area contributed by atoms with Gasteiger partial charge in [0.15, 0.2) is 4.32 Å². The van der Waals surface area contributed by atoms with Crippen LogP contribution in [0.5, 0.6) is 11.5 Å². The van der Waals surface area contributed by atoms with Crippen LogP contribution in [0.1, 0.15) is 5.56 Å². The van der Waals surface area contributed by atoms with Gasteiger partial charge < -0.3 is 9.84 Å². The Morgan fingerprint density at radius 1 is 1.22 bits per heavy atom. The summed E-state index contributed by atoms with van der Waals surface area (Å²) in [5.74, 6) is 0.659. The van der Waals surface area contributed by atoms with Crippen LogP contribution < -0.4 is 9.64 Å². The van der Waals surface area contributed by atoms with E-state index in [4.69, 9.17) is 17.0 Å². The molecule has 0 radical (unpaired) electrons. The van der Waals surface area contributed by atoms with Crippen molar-refractivity contribution in [2.45, 2.75) is 0 Å². The zero-order valence-electron chi connectivity index (χ0n) is 12.2. The number of thioether (sulfide) groups is 1. The number of phenolic OH excluding ortho intramolecular Hbond substituents is 1. The lowest BCUT2D eigenvalue weighted by Gasteiger charge is -2.14. The van der Waals surface area contributed by atoms with Crippen molar-refractivity contribution in [3.05, 3.63) is 59.0 Å². The van der Waals surface area contributed by atoms with Crippen LogP contribution in [0.2, 0.25) is 0 Å². The lowest BCUT2D eigenvalue weighted by Crippen LogP contribution is -2.27. The van der Waals surface area contributed by atoms with E-state index in [1.165, 1.54) is 22.7 Å². The van der Waals surface area contributed by atoms with Crippen LogP contribution in [0.25, 0.3) is 6.08 Å². The molecule has 2 aromatic carbocycles. The lowest BCUT2D eigenvalue weighted by atomic mass is 10.2. The second-order valence-electron chi connectivity index (χ2n) is 4.81. The minimum Gasteiger partial charge on any atom is -0.508 e. The fourth-order valence-corrected chi connectivity index (χ4v) is 3.47. The number of phenols is 1. The number of hydrogen-bond acceptors (Lipinski definition) is 5. The van der Waals surface area contributed by atoms with E-state index in [9.17, 15) is 9.90 Å². The summed E-state index contributed by atoms with van der Waals surface area (Å²) in [6.45, 7) is 0. The first-order valence-electron chi connectivity index (χ1n) is 6.79. The van der Waals surface area contributed by atoms with Crippen molar-refractivity contribution in [1.82, 2.24) is 0 Å². The lowest BCUT2D eigenvalue weighted by molar-refractivity contribution is -0.113. The van der Waals surface area contributed by atoms with E-state index < -0.39 is 0 Å². The average Bonchev–Trinajstić information content (AvgIpc) is 2.82. The van der Waals surface area contributed by atoms with Crippen molar-refractivity contribution in [3.63, 3.8) is 0 Å². The summed E-state index contributed by atoms with van der Waals surface area (Å²) in [6, 6.07) is 13.9. The third-order valence-corrected chi connectivity index (χ3v) is 4.60. The number of nitrogens with zero attached hydrogens (tertiary/aromatic N) is 1. The average molecular weight is 343 g/mol. The van der Waals surface area contributed by atoms with Gasteiger partial charge in [-0.2, -0.15) is 0 Å². The van der Waals surface area contributed by atoms with Gasteiger partial charge in [-0.15, -0.1) is 0 Å². The fourth-order valence-electron chi connectivity index (χ4n) is 2.17. The molecular formula is C17H13NO3S2. The molecule has 1 saturated heterocycles. The molecule has 116 valence electrons. The van der Waals surface area contributed by atoms with E-state index in [-0.39, 0.29) is 11.7 Å². The van der Waals surface area contributed by atoms with Crippen LogP contribution in [0.3, 0.4) is 0 Å². The minimum absolute atomic E-state index is 0.0932. The Labute approximate surface area is 143 Å². The molecule has 1 heterocycles. The Bertz CT molecular complexity index is 800. The summed E-state index contributed by atoms with van der Waals surface area (Å²) < 4.78 is 5.56. The van der Waals surface area contributed by atoms with E-state index in [1.54, 1.807) is 31.4 Å². The minimum atomic E-state index is -0.193. The summed E-state index contributed by atoms with van der Waals surface area (Å²) in [5, 5.41) is 9.58. The van der Waals surface area contributed by atoms with Crippen LogP contribution in [0.15, 0.2) is 53.4 Å². The molecular weight excluding hydrogens is 330 g/mol. The van der Waals surface area contributed by atoms with Gasteiger partial charge in [-0.1, -0.05) is 42.2 Å². The molecule has 0 bridgehead atoms. The number of rotatable bonds is 3. The number of thiocarbonyl (C=S) groups is 1. The Morgan fingerprint density at radius 3 is 2.61 bits per heavy atom. The molecule has 3 rings (SSSR count). The number of ether oxygens (including phenoxy) is 1. The SMILES string of the molecule is COc1ccc(C=C2SC(=S)N(c3cccc(O)c3)C2=O)cc1. The Kier molecular flexibility index (Phi) is 4.36. The number of anilines is 1. The van der Waals surface area contributed by atoms with Gasteiger partial charge in [0, 0.05) is 6.07 Å². The molecule has 1 amide bonds. The smallest absolute Gasteiger partial charge is 0.270 e. The van der Waals surface area contributed by atoms with E-state index in [2.05, 4.69) is 0 Å². The molecule has 0 unspecified atom stereocenters. The predicted molar refractivity (Wildman–Crippen MR) is 96.8 cm³/mol. The van der Waals surface area contributed by atoms with E-state index >= 15 is 0 Å². The molecule has 1 aliphatic rings. The molecule has 2 aromatic rings. The van der Waals surface area contributed by atoms with Crippen LogP contribution in [-0.4, -0.2) is 22.4 Å². The molecule has 0 atom stereocenters. The van der Waals surface area contributed by atoms with Crippen molar-refractivity contribution in [2.24, 2.45) is 0 Å². The van der Waals surface area contributed by atoms with E-state index in [0.717, 1.165) is 11.3 Å². The highest BCUT2D eigenvalue weighted by Gasteiger charge is 2.33. The summed E-state index contributed by atoms with van der Waals surface area (Å²) in [5.41, 5.74) is 1.45. The molecule has 1 N–H and O–H groups in total. The highest BCUT2D eigenvalue weighted by Crippen LogP contribution is 2.36. The van der Waals surface area contributed by atoms with Gasteiger partial charge in [0.05, 0.1) is 17.7 Å². The summed E-state index contributed by atoms with van der Waals surface area (Å²) in [6.07, 6.45) is 1.79. The van der Waals surface area contributed by atoms with Gasteiger partial charge >= 0.3 is 0 Å². The first-order valence-corrected chi connectivity index (χ1v) is 8.02. The number of methoxy groups -OCH3 is 1. The van der Waals surface area contributed by atoms with Crippen molar-refractivity contribution < 1.29 is 14.6 Å². The fraction of sp³-hybridized carbons (Fsp3) is 0.0588. The first-order chi connectivity index (χ1) is 11.1. The number of aromatic hydroxyl groups is 1. The molecule has 0 spiro atoms. The van der Waals surface area contributed by atoms with Gasteiger partial charge in [0.25, 0.3) is 5.91 Å². The Morgan fingerprint density at radius 2 is 1.96 bits per heavy atom. The van der Waals surface area contributed by atoms with Gasteiger partial charge in [0.1, 0.15) is 11.5 Å². The molecule has 0 saturated carbocycles. The summed E-state index contributed by atoms with van der Waals surface area (Å²) >= 11 is 6.54. The van der Waals surface area contributed by atoms with Crippen molar-refractivity contribution >= 4 is 46.0 Å². The second-order valence-corrected chi connectivity index (χ2v) is 6.49. The third kappa shape index (κ3) is 3.23. The third-order valence-electron chi connectivity index (χ3n) is 3.30. The number of hydrogen-bond donors (Lipinski definition) is 1. The quantitative estimate of drug-likeness (QED) is 0.678. The number of amides is 1. The molecule has 1 aliphatic heterocycles. The van der Waals surface area contributed by atoms with Gasteiger partial charge in [-0.3, -0.25) is 9.69 Å². The van der Waals surface area contributed by atoms with Crippen LogP contribution in [0.4, 0.5) is 5.69 Å². The molecule has 6 heteroatoms. The molecule has 0 aromatic heterocycles. The molecule has 1 fully saturated rings. The standard InChI is InChI=1S/C17H13NO3S2/c1-21-14-7-5-11(6-8-14)9-15-16(20)18(17(22)23-15)12-3-2-4-13(19)10-12/h2-10,19H,1H3. The van der Waals surface area contributed by atoms with Gasteiger partial charge in [0.2, 0.25) is 0 Å². The summed E-state index contributed by atoms with van der Waals surface area (Å²) in [4.78, 5) is 14.6. The van der Waals surface area contributed by atoms with Crippen LogP contribution in [0, 0.1) is 0 Å². The van der Waals surface area contributed by atoms with E-state index in [1.807, 2.05) is 24.3 Å².